The minimum atomic E-state index is -4.68. The van der Waals surface area contributed by atoms with Gasteiger partial charge in [0, 0.05) is 50.2 Å². The number of hydrogen-bond acceptors (Lipinski definition) is 9. The second kappa shape index (κ2) is 14.9. The van der Waals surface area contributed by atoms with E-state index < -0.39 is 37.0 Å². The minimum Gasteiger partial charge on any atom is -0.630 e. The van der Waals surface area contributed by atoms with Gasteiger partial charge in [-0.05, 0) is 36.6 Å². The Labute approximate surface area is 304 Å². The van der Waals surface area contributed by atoms with Crippen molar-refractivity contribution in [3.8, 4) is 5.75 Å². The van der Waals surface area contributed by atoms with E-state index in [0.29, 0.717) is 42.4 Å². The van der Waals surface area contributed by atoms with Crippen molar-refractivity contribution in [2.75, 3.05) is 19.9 Å². The molecule has 20 heteroatoms. The molecule has 0 radical (unpaired) electrons. The van der Waals surface area contributed by atoms with Crippen molar-refractivity contribution in [2.45, 2.75) is 36.3 Å². The number of aryl methyl sites for hydroxylation is 1. The van der Waals surface area contributed by atoms with Gasteiger partial charge in [0.1, 0.15) is 12.1 Å². The molecule has 16 nitrogen and oxygen atoms in total. The molecule has 1 aromatic heterocycles. The first-order valence-corrected chi connectivity index (χ1v) is 16.2. The largest absolute Gasteiger partial charge is 1.00 e. The van der Waals surface area contributed by atoms with Gasteiger partial charge in [-0.3, -0.25) is 4.68 Å². The van der Waals surface area contributed by atoms with Crippen molar-refractivity contribution in [1.82, 2.24) is 24.3 Å². The fraction of sp³-hybridized carbons (Fsp3) is 0.360. The maximum atomic E-state index is 13.1. The molecular formula is C25H29N8Na2O8PS. The number of fused-ring (bicyclic) bond motifs is 1. The van der Waals surface area contributed by atoms with E-state index in [2.05, 4.69) is 14.9 Å². The zero-order valence-corrected chi connectivity index (χ0v) is 30.6. The van der Waals surface area contributed by atoms with Crippen molar-refractivity contribution < 1.29 is 95.9 Å². The first-order chi connectivity index (χ1) is 20.6. The van der Waals surface area contributed by atoms with E-state index in [9.17, 15) is 13.0 Å². The third-order valence-corrected chi connectivity index (χ3v) is 9.16. The number of guanidine groups is 1. The van der Waals surface area contributed by atoms with Gasteiger partial charge in [0.05, 0.1) is 12.3 Å². The van der Waals surface area contributed by atoms with Gasteiger partial charge < -0.3 is 45.1 Å². The Morgan fingerprint density at radius 1 is 1.24 bits per heavy atom. The van der Waals surface area contributed by atoms with Crippen molar-refractivity contribution in [3.05, 3.63) is 83.2 Å². The van der Waals surface area contributed by atoms with Crippen molar-refractivity contribution in [2.24, 2.45) is 12.0 Å². The van der Waals surface area contributed by atoms with Gasteiger partial charge in [-0.2, -0.15) is 9.40 Å². The Morgan fingerprint density at radius 3 is 2.82 bits per heavy atom. The Balaban J connectivity index is 0.00000230. The van der Waals surface area contributed by atoms with E-state index in [-0.39, 0.29) is 76.7 Å². The number of phosphoric ester groups is 1. The number of benzene rings is 1. The van der Waals surface area contributed by atoms with Crippen LogP contribution in [0, 0.1) is 0 Å². The number of nitrogens with one attached hydrogen (secondary N) is 1. The zero-order chi connectivity index (χ0) is 30.2. The van der Waals surface area contributed by atoms with Crippen LogP contribution in [0.15, 0.2) is 77.0 Å². The number of aliphatic imine (C=N–C) groups is 1. The van der Waals surface area contributed by atoms with Crippen LogP contribution in [0.4, 0.5) is 0 Å². The van der Waals surface area contributed by atoms with Gasteiger partial charge in [0.15, 0.2) is 11.8 Å². The summed E-state index contributed by atoms with van der Waals surface area (Å²) in [5.74, 6) is 0.680. The standard InChI is InChI=1S/C25H29N8O8PS.2Na/c1-31-11-8-21(30-31)43(37,38)32-10-3-5-18(15-32)27-24-26-9-7-20(28-24)23-22(29-25-33(23)12-13-39-25)17-4-2-6-19(14-17)40-16-41-42(34,35)36;;/h2,4,6-9,11-14,18,20,25H,3,5,10,15-16H2,1H3,(H3-,26,27,28,34,35,36);;/q-2;2*+1/t18-,20?,25?;;/m1../s1. The van der Waals surface area contributed by atoms with Crippen LogP contribution in [0.5, 0.6) is 5.75 Å². The molecule has 45 heavy (non-hydrogen) atoms. The van der Waals surface area contributed by atoms with Crippen LogP contribution in [0.25, 0.3) is 16.3 Å². The van der Waals surface area contributed by atoms with Crippen LogP contribution in [0.1, 0.15) is 18.4 Å². The van der Waals surface area contributed by atoms with Crippen LogP contribution in [0.2, 0.25) is 0 Å². The first-order valence-electron chi connectivity index (χ1n) is 13.3. The van der Waals surface area contributed by atoms with E-state index in [1.165, 1.54) is 15.1 Å². The Kier molecular flexibility index (Phi) is 11.9. The molecule has 6 rings (SSSR count). The predicted molar refractivity (Wildman–Crippen MR) is 153 cm³/mol. The summed E-state index contributed by atoms with van der Waals surface area (Å²) in [5, 5.41) is 16.7. The Morgan fingerprint density at radius 2 is 2.07 bits per heavy atom. The molecule has 0 amide bonds. The normalized spacial score (nSPS) is 23.8. The number of hydrogen-bond donors (Lipinski definition) is 3. The molecule has 230 valence electrons. The topological polar surface area (TPSA) is 196 Å². The molecule has 0 saturated carbocycles. The summed E-state index contributed by atoms with van der Waals surface area (Å²) in [6.07, 6.45) is 9.22. The van der Waals surface area contributed by atoms with Gasteiger partial charge in [-0.1, -0.05) is 24.4 Å². The molecule has 2 aromatic rings. The maximum Gasteiger partial charge on any atom is 1.00 e. The zero-order valence-electron chi connectivity index (χ0n) is 24.9. The number of piperidine rings is 1. The van der Waals surface area contributed by atoms with Crippen LogP contribution < -0.4 is 69.2 Å². The molecule has 0 bridgehead atoms. The molecule has 4 aliphatic rings. The summed E-state index contributed by atoms with van der Waals surface area (Å²) in [5.41, 5.74) is 1.97. The van der Waals surface area contributed by atoms with Gasteiger partial charge >= 0.3 is 66.9 Å². The molecule has 1 fully saturated rings. The second-order valence-electron chi connectivity index (χ2n) is 9.94. The summed E-state index contributed by atoms with van der Waals surface area (Å²) in [6, 6.07) is 7.51. The smallest absolute Gasteiger partial charge is 0.630 e. The summed E-state index contributed by atoms with van der Waals surface area (Å²) < 4.78 is 55.5. The summed E-state index contributed by atoms with van der Waals surface area (Å²) in [4.78, 5) is 24.4. The van der Waals surface area contributed by atoms with E-state index >= 15 is 0 Å². The maximum absolute atomic E-state index is 13.1. The number of rotatable bonds is 9. The molecule has 1 aromatic carbocycles. The molecule has 2 unspecified atom stereocenters. The molecule has 1 saturated heterocycles. The van der Waals surface area contributed by atoms with Crippen molar-refractivity contribution in [1.29, 1.82) is 0 Å². The summed E-state index contributed by atoms with van der Waals surface area (Å²) >= 11 is 0. The van der Waals surface area contributed by atoms with Gasteiger partial charge in [0.25, 0.3) is 10.0 Å². The minimum absolute atomic E-state index is 0. The quantitative estimate of drug-likeness (QED) is 0.133. The number of phosphoric acid groups is 1. The van der Waals surface area contributed by atoms with Crippen LogP contribution in [-0.2, 0) is 30.9 Å². The second-order valence-corrected chi connectivity index (χ2v) is 13.1. The molecule has 5 heterocycles. The molecule has 3 N–H and O–H groups in total. The van der Waals surface area contributed by atoms with Gasteiger partial charge in [-0.25, -0.2) is 17.5 Å². The van der Waals surface area contributed by atoms with Crippen molar-refractivity contribution in [3.63, 3.8) is 0 Å². The molecule has 3 atom stereocenters. The third-order valence-electron chi connectivity index (χ3n) is 6.96. The number of sulfonamides is 1. The number of nitrogens with zero attached hydrogens (tertiary/aromatic N) is 7. The van der Waals surface area contributed by atoms with E-state index in [1.807, 2.05) is 17.0 Å². The average Bonchev–Trinajstić information content (AvgIpc) is 3.69. The van der Waals surface area contributed by atoms with Crippen LogP contribution in [0.3, 0.4) is 0 Å². The SMILES string of the molecule is Cn1ccc(S(=O)(=O)N2CCC[C@@H](N=C3[N-]C(C4=C(c5cccc(OCOP(=O)(O)O)c5)[N-]C5OC=CN45)C=CN3)C2)n1.[Na+].[Na+]. The molecule has 0 aliphatic carbocycles. The van der Waals surface area contributed by atoms with Gasteiger partial charge in [0.2, 0.25) is 0 Å². The van der Waals surface area contributed by atoms with Crippen LogP contribution in [-0.4, -0.2) is 81.5 Å². The van der Waals surface area contributed by atoms with Crippen molar-refractivity contribution >= 4 is 29.5 Å². The Bertz CT molecular complexity index is 1660. The molecular weight excluding hydrogens is 649 g/mol. The number of aromatic nitrogens is 2. The predicted octanol–water partition coefficient (Wildman–Crippen LogP) is -3.91. The summed E-state index contributed by atoms with van der Waals surface area (Å²) in [6.45, 7) is -0.0338. The number of ether oxygens (including phenoxy) is 2. The van der Waals surface area contributed by atoms with E-state index in [0.717, 1.165) is 5.70 Å². The Hall–Kier alpha value is -1.86. The fourth-order valence-corrected chi connectivity index (χ4v) is 6.70. The van der Waals surface area contributed by atoms with E-state index in [4.69, 9.17) is 34.9 Å². The third kappa shape index (κ3) is 8.36. The fourth-order valence-electron chi connectivity index (χ4n) is 5.04. The molecule has 0 spiro atoms. The first kappa shape index (κ1) is 36.0. The van der Waals surface area contributed by atoms with Crippen LogP contribution >= 0.6 is 7.82 Å². The summed E-state index contributed by atoms with van der Waals surface area (Å²) in [7, 11) is -6.75. The monoisotopic (exact) mass is 678 g/mol. The van der Waals surface area contributed by atoms with Gasteiger partial charge in [-0.15, -0.1) is 5.70 Å². The molecule has 4 aliphatic heterocycles. The van der Waals surface area contributed by atoms with E-state index in [1.54, 1.807) is 50.1 Å². The average molecular weight is 679 g/mol.